The van der Waals surface area contributed by atoms with E-state index in [2.05, 4.69) is 241 Å². The van der Waals surface area contributed by atoms with Crippen LogP contribution in [0, 0.1) is 53.2 Å². The van der Waals surface area contributed by atoms with Gasteiger partial charge in [0.1, 0.15) is 68.0 Å². The quantitative estimate of drug-likeness (QED) is 0.107. The van der Waals surface area contributed by atoms with Crippen molar-refractivity contribution in [3.05, 3.63) is 235 Å². The van der Waals surface area contributed by atoms with E-state index in [9.17, 15) is 22.0 Å². The number of halogens is 5. The maximum absolute atomic E-state index is 14.9. The van der Waals surface area contributed by atoms with Crippen LogP contribution in [-0.4, -0.2) is 0 Å². The molecule has 0 aliphatic carbocycles. The van der Waals surface area contributed by atoms with Crippen LogP contribution in [0.5, 0.6) is 0 Å². The Bertz CT molecular complexity index is 4990. The fourth-order valence-corrected chi connectivity index (χ4v) is 17.1. The van der Waals surface area contributed by atoms with Crippen molar-refractivity contribution >= 4 is 45.3 Å². The molecule has 17 heteroatoms. The van der Waals surface area contributed by atoms with Crippen LogP contribution in [0.3, 0.4) is 0 Å². The highest BCUT2D eigenvalue weighted by atomic mass is 32.1. The highest BCUT2D eigenvalue weighted by Crippen LogP contribution is 2.42. The second-order valence-electron chi connectivity index (χ2n) is 31.7. The van der Waals surface area contributed by atoms with Crippen LogP contribution in [0.2, 0.25) is 0 Å². The van der Waals surface area contributed by atoms with Crippen LogP contribution in [0.15, 0.2) is 162 Å². The Hall–Kier alpha value is -8.35. The van der Waals surface area contributed by atoms with E-state index in [0.717, 1.165) is 44.2 Å². The van der Waals surface area contributed by atoms with Crippen molar-refractivity contribution in [3.8, 4) is 87.3 Å². The van der Waals surface area contributed by atoms with Crippen molar-refractivity contribution in [2.45, 2.75) is 152 Å². The summed E-state index contributed by atoms with van der Waals surface area (Å²) in [7, 11) is 16.0. The number of aryl methyl sites for hydroxylation is 10. The van der Waals surface area contributed by atoms with E-state index in [0.29, 0.717) is 27.8 Å². The summed E-state index contributed by atoms with van der Waals surface area (Å²) in [6.45, 7) is 38.9. The van der Waals surface area contributed by atoms with Gasteiger partial charge in [0.2, 0.25) is 22.8 Å². The van der Waals surface area contributed by atoms with Crippen LogP contribution < -0.4 is 36.5 Å². The molecule has 104 heavy (non-hydrogen) atoms. The lowest BCUT2D eigenvalue weighted by molar-refractivity contribution is -0.660. The van der Waals surface area contributed by atoms with Gasteiger partial charge in [-0.2, -0.15) is 31.4 Å². The fraction of sp³-hybridized carbons (Fsp3) is 0.356. The highest BCUT2D eigenvalue weighted by molar-refractivity contribution is 7.13. The minimum atomic E-state index is -4.41. The normalized spacial score (nSPS) is 12.0. The molecular formula is C87H105F5N8S4+8. The molecule has 8 aromatic heterocycles. The van der Waals surface area contributed by atoms with Gasteiger partial charge in [0.05, 0.1) is 66.0 Å². The molecule has 0 bridgehead atoms. The van der Waals surface area contributed by atoms with E-state index in [1.165, 1.54) is 112 Å². The zero-order chi connectivity index (χ0) is 76.8. The maximum atomic E-state index is 14.9. The number of nitrogens with zero attached hydrogens (tertiary/aromatic N) is 8. The summed E-state index contributed by atoms with van der Waals surface area (Å²) in [5.74, 6) is -1.07. The molecule has 0 unspecified atom stereocenters. The van der Waals surface area contributed by atoms with Crippen molar-refractivity contribution in [2.75, 3.05) is 0 Å². The summed E-state index contributed by atoms with van der Waals surface area (Å²) in [5.41, 5.74) is 22.8. The minimum absolute atomic E-state index is 0.0591. The van der Waals surface area contributed by atoms with Crippen molar-refractivity contribution in [1.82, 2.24) is 0 Å². The van der Waals surface area contributed by atoms with Gasteiger partial charge in [0, 0.05) is 60.2 Å². The Kier molecular flexibility index (Phi) is 23.8. The van der Waals surface area contributed by atoms with Crippen LogP contribution in [0.25, 0.3) is 87.3 Å². The summed E-state index contributed by atoms with van der Waals surface area (Å²) < 4.78 is 87.0. The van der Waals surface area contributed by atoms with E-state index in [1.807, 2.05) is 125 Å². The molecule has 0 radical (unpaired) electrons. The first kappa shape index (κ1) is 79.8. The molecular weight excluding hydrogens is 1380 g/mol. The van der Waals surface area contributed by atoms with Crippen LogP contribution in [0.4, 0.5) is 22.0 Å². The minimum Gasteiger partial charge on any atom is -0.206 e. The SMILES string of the molecule is Cc1c(-c2cc(C(C)(C)C)cc[n+]2C)c(F)cc(F)c1-c1scc[n+]1C.Cc1c(-c2cc(C(C)(C)C)cc[n+]2C)cc(C(F)(F)F)cc1-c1scc[n+]1C.Cc1c(-c2cc(C(C)(C)C)cc[n+]2C)cccc1-c1scc[n+]1C.Cc1cc(C)c(-c2scc[n+]2C)c(C)c1-c1cc(C(C)(C)C)cc[n+]1C. The average molecular weight is 1490 g/mol. The van der Waals surface area contributed by atoms with E-state index < -0.39 is 23.4 Å². The molecule has 0 N–H and O–H groups in total. The van der Waals surface area contributed by atoms with E-state index >= 15 is 0 Å². The summed E-state index contributed by atoms with van der Waals surface area (Å²) in [4.78, 5) is 0. The lowest BCUT2D eigenvalue weighted by atomic mass is 9.85. The standard InChI is InChI=1S/C23H30N2S.C22H25F3N2S.C21H24F2N2S.C21H26N2S/c1-15-13-16(2)21(22-25(8)11-12-26-22)17(3)20(15)19-14-18(23(4,5)6)9-10-24(19)7;1-14-17(19-13-15(21(2,3)4)7-8-26(19)5)11-16(22(23,24)25)12-18(14)20-27(6)9-10-28-20;1-13-18(17-11-14(21(2,3)4)7-8-24(17)5)15(22)12-16(23)19(13)20-25(6)9-10-26-20;1-15-17(8-7-9-18(15)20-23(6)12-13-24-20)19-14-16(21(2,3)4)10-11-22(19)5/h9-14H,1-8H3;7-13H,1-6H3;7-12H,1-6H3;7-14H,1-6H3/q4*+2. The molecule has 12 rings (SSSR count). The maximum Gasteiger partial charge on any atom is 0.416 e. The molecule has 0 spiro atoms. The molecule has 0 saturated heterocycles. The van der Waals surface area contributed by atoms with E-state index in [-0.39, 0.29) is 21.7 Å². The Labute approximate surface area is 630 Å². The molecule has 0 aliphatic heterocycles. The molecule has 0 atom stereocenters. The molecule has 544 valence electrons. The second kappa shape index (κ2) is 31.0. The van der Waals surface area contributed by atoms with Gasteiger partial charge in [0.15, 0.2) is 49.6 Å². The molecule has 0 fully saturated rings. The largest absolute Gasteiger partial charge is 0.416 e. The number of hydrogen-bond acceptors (Lipinski definition) is 4. The molecule has 0 amide bonds. The average Bonchev–Trinajstić information content (AvgIpc) is 1.25. The van der Waals surface area contributed by atoms with Crippen molar-refractivity contribution in [3.63, 3.8) is 0 Å². The second-order valence-corrected chi connectivity index (χ2v) is 35.3. The number of thiazole rings is 4. The summed E-state index contributed by atoms with van der Waals surface area (Å²) in [6.07, 6.45) is 11.8. The van der Waals surface area contributed by atoms with Gasteiger partial charge in [-0.3, -0.25) is 0 Å². The summed E-state index contributed by atoms with van der Waals surface area (Å²) in [6, 6.07) is 29.7. The third-order valence-corrected chi connectivity index (χ3v) is 23.6. The molecule has 0 saturated carbocycles. The Morgan fingerprint density at radius 2 is 0.596 bits per heavy atom. The van der Waals surface area contributed by atoms with Gasteiger partial charge < -0.3 is 0 Å². The molecule has 8 heterocycles. The number of rotatable bonds is 8. The number of benzene rings is 4. The molecule has 8 nitrogen and oxygen atoms in total. The fourth-order valence-electron chi connectivity index (χ4n) is 13.2. The Balaban J connectivity index is 0.000000161. The smallest absolute Gasteiger partial charge is 0.206 e. The third kappa shape index (κ3) is 17.3. The van der Waals surface area contributed by atoms with Crippen LogP contribution in [0.1, 0.15) is 144 Å². The predicted octanol–water partition coefficient (Wildman–Crippen LogP) is 19.3. The monoisotopic (exact) mass is 1480 g/mol. The van der Waals surface area contributed by atoms with Gasteiger partial charge >= 0.3 is 6.18 Å². The zero-order valence-electron chi connectivity index (χ0n) is 65.7. The lowest BCUT2D eigenvalue weighted by Crippen LogP contribution is -2.32. The zero-order valence-corrected chi connectivity index (χ0v) is 69.0. The first-order valence-corrected chi connectivity index (χ1v) is 38.6. The summed E-state index contributed by atoms with van der Waals surface area (Å²) in [5, 5.41) is 12.3. The topological polar surface area (TPSA) is 31.0 Å². The van der Waals surface area contributed by atoms with E-state index in [1.54, 1.807) is 18.3 Å². The first-order valence-electron chi connectivity index (χ1n) is 35.1. The van der Waals surface area contributed by atoms with Gasteiger partial charge in [-0.15, -0.1) is 0 Å². The third-order valence-electron chi connectivity index (χ3n) is 19.7. The Morgan fingerprint density at radius 1 is 0.279 bits per heavy atom. The predicted molar refractivity (Wildman–Crippen MR) is 418 cm³/mol. The number of pyridine rings is 4. The van der Waals surface area contributed by atoms with Crippen molar-refractivity contribution < 1.29 is 58.5 Å². The van der Waals surface area contributed by atoms with Crippen molar-refractivity contribution in [2.24, 2.45) is 56.4 Å². The van der Waals surface area contributed by atoms with E-state index in [4.69, 9.17) is 0 Å². The van der Waals surface area contributed by atoms with Gasteiger partial charge in [-0.25, -0.2) is 27.0 Å². The van der Waals surface area contributed by atoms with Crippen LogP contribution >= 0.6 is 45.3 Å². The van der Waals surface area contributed by atoms with Gasteiger partial charge in [-0.05, 0) is 143 Å². The number of aromatic nitrogens is 8. The summed E-state index contributed by atoms with van der Waals surface area (Å²) >= 11 is 6.48. The number of alkyl halides is 3. The molecule has 0 aliphatic rings. The van der Waals surface area contributed by atoms with Crippen LogP contribution in [-0.2, 0) is 84.2 Å². The Morgan fingerprint density at radius 3 is 1.00 bits per heavy atom. The first-order chi connectivity index (χ1) is 48.4. The van der Waals surface area contributed by atoms with Gasteiger partial charge in [-0.1, -0.05) is 141 Å². The molecule has 4 aromatic carbocycles. The lowest BCUT2D eigenvalue weighted by Gasteiger charge is -2.20. The molecule has 12 aromatic rings. The number of hydrogen-bond donors (Lipinski definition) is 0. The van der Waals surface area contributed by atoms with Crippen molar-refractivity contribution in [1.29, 1.82) is 0 Å². The van der Waals surface area contributed by atoms with Gasteiger partial charge in [0.25, 0.3) is 20.0 Å². The highest BCUT2D eigenvalue weighted by Gasteiger charge is 2.36.